The number of methoxy groups -OCH3 is 4. The van der Waals surface area contributed by atoms with E-state index in [0.717, 1.165) is 0 Å². The zero-order valence-electron chi connectivity index (χ0n) is 30.8. The number of nitro benzene ring substituents is 2. The summed E-state index contributed by atoms with van der Waals surface area (Å²) in [6, 6.07) is 9.63. The van der Waals surface area contributed by atoms with Crippen molar-refractivity contribution in [1.29, 1.82) is 10.5 Å². The van der Waals surface area contributed by atoms with Crippen molar-refractivity contribution in [2.24, 2.45) is 10.2 Å². The molecule has 20 heteroatoms. The molecule has 0 saturated heterocycles. The Hall–Kier alpha value is -5.34. The highest BCUT2D eigenvalue weighted by Crippen LogP contribution is 2.37. The first-order valence-corrected chi connectivity index (χ1v) is 18.5. The summed E-state index contributed by atoms with van der Waals surface area (Å²) < 4.78 is 31.2. The third-order valence-electron chi connectivity index (χ3n) is 7.66. The van der Waals surface area contributed by atoms with E-state index in [2.05, 4.69) is 10.2 Å². The lowest BCUT2D eigenvalue weighted by molar-refractivity contribution is -0.385. The van der Waals surface area contributed by atoms with Crippen LogP contribution in [0.2, 0.25) is 0 Å². The third-order valence-corrected chi connectivity index (χ3v) is 9.61. The number of rotatable bonds is 24. The fourth-order valence-corrected chi connectivity index (χ4v) is 6.09. The van der Waals surface area contributed by atoms with Gasteiger partial charge in [-0.05, 0) is 38.8 Å². The van der Waals surface area contributed by atoms with Gasteiger partial charge in [0.1, 0.15) is 13.2 Å². The molecule has 2 aromatic carbocycles. The molecule has 0 aliphatic carbocycles. The molecule has 18 nitrogen and oxygen atoms in total. The second kappa shape index (κ2) is 22.0. The van der Waals surface area contributed by atoms with E-state index < -0.39 is 32.9 Å². The van der Waals surface area contributed by atoms with Crippen LogP contribution in [0.15, 0.2) is 34.5 Å². The van der Waals surface area contributed by atoms with Gasteiger partial charge in [-0.25, -0.2) is 0 Å². The number of hydrogen-bond donors (Lipinski definition) is 0. The van der Waals surface area contributed by atoms with Gasteiger partial charge in [0.2, 0.25) is 0 Å². The van der Waals surface area contributed by atoms with E-state index in [4.69, 9.17) is 28.4 Å². The number of ether oxygens (including phenoxy) is 6. The molecule has 0 bridgehead atoms. The van der Waals surface area contributed by atoms with Crippen molar-refractivity contribution in [3.05, 3.63) is 55.6 Å². The molecule has 0 aliphatic rings. The summed E-state index contributed by atoms with van der Waals surface area (Å²) >= 11 is 2.63. The number of nitro groups is 2. The van der Waals surface area contributed by atoms with E-state index in [1.165, 1.54) is 90.1 Å². The Kier molecular flexibility index (Phi) is 18.3. The topological polar surface area (TPSA) is 248 Å². The molecule has 292 valence electrons. The first-order chi connectivity index (χ1) is 25.7. The Bertz CT molecular complexity index is 1640. The van der Waals surface area contributed by atoms with Crippen molar-refractivity contribution in [2.75, 3.05) is 53.2 Å². The van der Waals surface area contributed by atoms with Crippen molar-refractivity contribution in [3.63, 3.8) is 0 Å². The van der Waals surface area contributed by atoms with Crippen LogP contribution in [0.1, 0.15) is 50.7 Å². The number of nitriles is 2. The fourth-order valence-electron chi connectivity index (χ4n) is 4.50. The third kappa shape index (κ3) is 13.9. The second-order valence-electron chi connectivity index (χ2n) is 11.7. The Balaban J connectivity index is 1.79. The summed E-state index contributed by atoms with van der Waals surface area (Å²) in [5.74, 6) is 1.20. The summed E-state index contributed by atoms with van der Waals surface area (Å²) in [6.45, 7) is 2.96. The van der Waals surface area contributed by atoms with E-state index in [9.17, 15) is 40.3 Å². The molecule has 0 radical (unpaired) electrons. The van der Waals surface area contributed by atoms with Crippen LogP contribution >= 0.6 is 23.5 Å². The predicted octanol–water partition coefficient (Wildman–Crippen LogP) is 6.37. The highest BCUT2D eigenvalue weighted by Gasteiger charge is 2.30. The van der Waals surface area contributed by atoms with E-state index in [-0.39, 0.29) is 73.3 Å². The summed E-state index contributed by atoms with van der Waals surface area (Å²) in [5.41, 5.74) is -2.33. The van der Waals surface area contributed by atoms with E-state index >= 15 is 0 Å². The van der Waals surface area contributed by atoms with Crippen LogP contribution in [0.25, 0.3) is 0 Å². The Morgan fingerprint density at radius 2 is 1.02 bits per heavy atom. The minimum Gasteiger partial charge on any atom is -0.493 e. The number of hydrogen-bond acceptors (Lipinski definition) is 18. The van der Waals surface area contributed by atoms with Gasteiger partial charge in [-0.1, -0.05) is 0 Å². The quantitative estimate of drug-likeness (QED) is 0.0368. The van der Waals surface area contributed by atoms with Gasteiger partial charge < -0.3 is 28.4 Å². The maximum absolute atomic E-state index is 12.4. The van der Waals surface area contributed by atoms with E-state index in [1.807, 2.05) is 12.1 Å². The van der Waals surface area contributed by atoms with Gasteiger partial charge in [-0.3, -0.25) is 29.8 Å². The van der Waals surface area contributed by atoms with Crippen LogP contribution in [0.5, 0.6) is 23.0 Å². The van der Waals surface area contributed by atoms with Crippen molar-refractivity contribution in [2.45, 2.75) is 62.1 Å². The lowest BCUT2D eigenvalue weighted by Gasteiger charge is -2.19. The van der Waals surface area contributed by atoms with Crippen molar-refractivity contribution in [3.8, 4) is 35.1 Å². The van der Waals surface area contributed by atoms with Crippen LogP contribution in [0.4, 0.5) is 11.4 Å². The van der Waals surface area contributed by atoms with E-state index in [1.54, 1.807) is 0 Å². The van der Waals surface area contributed by atoms with Crippen LogP contribution in [-0.4, -0.2) is 86.0 Å². The van der Waals surface area contributed by atoms with Gasteiger partial charge in [0.15, 0.2) is 34.1 Å². The predicted molar refractivity (Wildman–Crippen MR) is 198 cm³/mol. The standard InChI is InChI=1S/C34H42N6O12S2/c1-33(21-35,9-7-31(41)51-11-13-53-19-23-15-27(47-3)29(49-5)17-25(23)39(43)44)37-38-34(2,22-36)10-8-32(42)52-12-14-54-20-24-16-28(48-4)30(50-6)18-26(24)40(45)46/h15-18H,7-14,19-20H2,1-6H3. The van der Waals surface area contributed by atoms with Crippen molar-refractivity contribution in [1.82, 2.24) is 0 Å². The average molecular weight is 791 g/mol. The molecule has 0 N–H and O–H groups in total. The van der Waals surface area contributed by atoms with Crippen LogP contribution in [0, 0.1) is 42.9 Å². The minimum atomic E-state index is -1.46. The summed E-state index contributed by atoms with van der Waals surface area (Å²) in [7, 11) is 5.62. The SMILES string of the molecule is COc1cc(CSCCOC(=O)CCC(C)(C#N)N=NC(C)(C#N)CCC(=O)OCCSCc2cc(OC)c(OC)cc2[N+](=O)[O-])c([N+](=O)[O-])cc1OC. The second-order valence-corrected chi connectivity index (χ2v) is 13.9. The largest absolute Gasteiger partial charge is 0.493 e. The van der Waals surface area contributed by atoms with Gasteiger partial charge in [-0.15, -0.1) is 0 Å². The summed E-state index contributed by atoms with van der Waals surface area (Å²) in [4.78, 5) is 46.7. The minimum absolute atomic E-state index is 0.0249. The number of nitrogens with zero attached hydrogens (tertiary/aromatic N) is 6. The number of carbonyl (C=O) groups is 2. The zero-order chi connectivity index (χ0) is 40.3. The maximum atomic E-state index is 12.4. The molecule has 2 aromatic rings. The first kappa shape index (κ1) is 44.8. The Labute approximate surface area is 320 Å². The van der Waals surface area contributed by atoms with Crippen LogP contribution < -0.4 is 18.9 Å². The molecule has 0 amide bonds. The molecule has 0 spiro atoms. The van der Waals surface area contributed by atoms with E-state index in [0.29, 0.717) is 34.1 Å². The molecular formula is C34H42N6O12S2. The molecule has 2 atom stereocenters. The molecule has 0 aliphatic heterocycles. The number of azo groups is 1. The number of carbonyl (C=O) groups excluding carboxylic acids is 2. The zero-order valence-corrected chi connectivity index (χ0v) is 32.4. The average Bonchev–Trinajstić information content (AvgIpc) is 3.17. The first-order valence-electron chi connectivity index (χ1n) is 16.2. The molecule has 0 aromatic heterocycles. The molecule has 2 rings (SSSR count). The van der Waals surface area contributed by atoms with Crippen LogP contribution in [0.3, 0.4) is 0 Å². The molecule has 54 heavy (non-hydrogen) atoms. The summed E-state index contributed by atoms with van der Waals surface area (Å²) in [6.07, 6.45) is -0.432. The summed E-state index contributed by atoms with van der Waals surface area (Å²) in [5, 5.41) is 50.6. The molecule has 0 heterocycles. The van der Waals surface area contributed by atoms with Gasteiger partial charge in [0, 0.05) is 47.0 Å². The van der Waals surface area contributed by atoms with Gasteiger partial charge in [0.25, 0.3) is 11.4 Å². The molecule has 0 saturated carbocycles. The van der Waals surface area contributed by atoms with Gasteiger partial charge >= 0.3 is 11.9 Å². The Morgan fingerprint density at radius 1 is 0.685 bits per heavy atom. The van der Waals surface area contributed by atoms with Crippen molar-refractivity contribution >= 4 is 46.8 Å². The lowest BCUT2D eigenvalue weighted by Crippen LogP contribution is -2.25. The lowest BCUT2D eigenvalue weighted by atomic mass is 9.97. The number of benzene rings is 2. The van der Waals surface area contributed by atoms with Gasteiger partial charge in [0.05, 0.1) is 62.6 Å². The number of esters is 2. The maximum Gasteiger partial charge on any atom is 0.305 e. The van der Waals surface area contributed by atoms with Crippen LogP contribution in [-0.2, 0) is 30.6 Å². The molecule has 2 unspecified atom stereocenters. The van der Waals surface area contributed by atoms with Gasteiger partial charge in [-0.2, -0.15) is 44.3 Å². The fraction of sp³-hybridized carbons (Fsp3) is 0.529. The highest BCUT2D eigenvalue weighted by atomic mass is 32.2. The molecular weight excluding hydrogens is 749 g/mol. The highest BCUT2D eigenvalue weighted by molar-refractivity contribution is 7.98. The smallest absolute Gasteiger partial charge is 0.305 e. The monoisotopic (exact) mass is 790 g/mol. The molecule has 0 fully saturated rings. The normalized spacial score (nSPS) is 13.0. The Morgan fingerprint density at radius 3 is 1.31 bits per heavy atom. The van der Waals surface area contributed by atoms with Crippen molar-refractivity contribution < 1.29 is 47.9 Å². The number of thioether (sulfide) groups is 2.